The smallest absolute Gasteiger partial charge is 0.0508 e. The highest BCUT2D eigenvalue weighted by Crippen LogP contribution is 2.30. The number of benzene rings is 1. The van der Waals surface area contributed by atoms with Crippen LogP contribution in [-0.2, 0) is 11.2 Å². The zero-order valence-corrected chi connectivity index (χ0v) is 11.1. The zero-order chi connectivity index (χ0) is 12.4. The van der Waals surface area contributed by atoms with Crippen LogP contribution in [0.5, 0.6) is 0 Å². The van der Waals surface area contributed by atoms with Crippen LogP contribution in [0.1, 0.15) is 18.4 Å². The number of methoxy groups -OCH3 is 1. The molecule has 0 spiro atoms. The summed E-state index contributed by atoms with van der Waals surface area (Å²) in [6.45, 7) is 4.29. The second kappa shape index (κ2) is 5.19. The minimum atomic E-state index is 0.694. The predicted molar refractivity (Wildman–Crippen MR) is 75.4 cm³/mol. The second-order valence-electron chi connectivity index (χ2n) is 5.43. The van der Waals surface area contributed by atoms with E-state index < -0.39 is 0 Å². The predicted octanol–water partition coefficient (Wildman–Crippen LogP) is 2.52. The number of hydrogen-bond acceptors (Lipinski definition) is 3. The third kappa shape index (κ3) is 2.32. The van der Waals surface area contributed by atoms with Crippen LogP contribution in [0.3, 0.4) is 0 Å². The van der Waals surface area contributed by atoms with Crippen molar-refractivity contribution in [3.63, 3.8) is 0 Å². The van der Waals surface area contributed by atoms with Gasteiger partial charge in [0, 0.05) is 44.0 Å². The maximum absolute atomic E-state index is 5.26. The SMILES string of the molecule is COCC1CCN(c2ccc3c(c2)NCCC3)C1. The molecule has 0 amide bonds. The van der Waals surface area contributed by atoms with Crippen LogP contribution in [0.25, 0.3) is 0 Å². The molecule has 2 aliphatic rings. The van der Waals surface area contributed by atoms with E-state index in [0.717, 1.165) is 26.2 Å². The molecule has 3 heteroatoms. The van der Waals surface area contributed by atoms with E-state index in [0.29, 0.717) is 5.92 Å². The Morgan fingerprint density at radius 3 is 3.28 bits per heavy atom. The topological polar surface area (TPSA) is 24.5 Å². The molecular weight excluding hydrogens is 224 g/mol. The van der Waals surface area contributed by atoms with Crippen LogP contribution in [-0.4, -0.2) is 33.4 Å². The summed E-state index contributed by atoms with van der Waals surface area (Å²) in [4.78, 5) is 2.49. The van der Waals surface area contributed by atoms with E-state index in [-0.39, 0.29) is 0 Å². The Balaban J connectivity index is 1.73. The van der Waals surface area contributed by atoms with E-state index in [1.165, 1.54) is 36.2 Å². The Morgan fingerprint density at radius 2 is 2.39 bits per heavy atom. The molecule has 2 aliphatic heterocycles. The molecule has 0 bridgehead atoms. The number of nitrogens with one attached hydrogen (secondary N) is 1. The van der Waals surface area contributed by atoms with Gasteiger partial charge in [0.25, 0.3) is 0 Å². The highest BCUT2D eigenvalue weighted by Gasteiger charge is 2.23. The molecule has 1 unspecified atom stereocenters. The Morgan fingerprint density at radius 1 is 1.44 bits per heavy atom. The number of aryl methyl sites for hydroxylation is 1. The highest BCUT2D eigenvalue weighted by molar-refractivity contribution is 5.63. The van der Waals surface area contributed by atoms with Crippen molar-refractivity contribution in [1.82, 2.24) is 0 Å². The average Bonchev–Trinajstić information content (AvgIpc) is 2.87. The minimum Gasteiger partial charge on any atom is -0.385 e. The number of rotatable bonds is 3. The van der Waals surface area contributed by atoms with Gasteiger partial charge in [0.15, 0.2) is 0 Å². The summed E-state index contributed by atoms with van der Waals surface area (Å²) in [7, 11) is 1.80. The summed E-state index contributed by atoms with van der Waals surface area (Å²) in [5.41, 5.74) is 4.17. The van der Waals surface area contributed by atoms with Gasteiger partial charge in [-0.3, -0.25) is 0 Å². The average molecular weight is 246 g/mol. The number of hydrogen-bond donors (Lipinski definition) is 1. The van der Waals surface area contributed by atoms with E-state index in [4.69, 9.17) is 4.74 Å². The van der Waals surface area contributed by atoms with Crippen LogP contribution in [0.2, 0.25) is 0 Å². The number of ether oxygens (including phenoxy) is 1. The Labute approximate surface area is 109 Å². The van der Waals surface area contributed by atoms with Crippen LogP contribution >= 0.6 is 0 Å². The van der Waals surface area contributed by atoms with Gasteiger partial charge in [-0.1, -0.05) is 6.07 Å². The first kappa shape index (κ1) is 11.8. The van der Waals surface area contributed by atoms with Crippen LogP contribution in [0.4, 0.5) is 11.4 Å². The molecule has 1 aromatic rings. The van der Waals surface area contributed by atoms with Gasteiger partial charge in [-0.25, -0.2) is 0 Å². The lowest BCUT2D eigenvalue weighted by molar-refractivity contribution is 0.161. The Bertz CT molecular complexity index is 419. The summed E-state index contributed by atoms with van der Waals surface area (Å²) in [5.74, 6) is 0.694. The van der Waals surface area contributed by atoms with Gasteiger partial charge in [0.2, 0.25) is 0 Å². The Kier molecular flexibility index (Phi) is 3.41. The molecule has 1 fully saturated rings. The number of nitrogens with zero attached hydrogens (tertiary/aromatic N) is 1. The van der Waals surface area contributed by atoms with Crippen LogP contribution < -0.4 is 10.2 Å². The van der Waals surface area contributed by atoms with Crippen LogP contribution in [0.15, 0.2) is 18.2 Å². The van der Waals surface area contributed by atoms with Crippen molar-refractivity contribution in [2.24, 2.45) is 5.92 Å². The molecule has 0 radical (unpaired) electrons. The molecule has 98 valence electrons. The van der Waals surface area contributed by atoms with Crippen molar-refractivity contribution in [3.8, 4) is 0 Å². The third-order valence-electron chi connectivity index (χ3n) is 4.09. The van der Waals surface area contributed by atoms with Crippen molar-refractivity contribution in [2.45, 2.75) is 19.3 Å². The van der Waals surface area contributed by atoms with Crippen LogP contribution in [0, 0.1) is 5.92 Å². The largest absolute Gasteiger partial charge is 0.385 e. The van der Waals surface area contributed by atoms with E-state index >= 15 is 0 Å². The fourth-order valence-electron chi connectivity index (χ4n) is 3.08. The monoisotopic (exact) mass is 246 g/mol. The van der Waals surface area contributed by atoms with Gasteiger partial charge in [-0.15, -0.1) is 0 Å². The fraction of sp³-hybridized carbons (Fsp3) is 0.600. The van der Waals surface area contributed by atoms with E-state index in [1.807, 2.05) is 0 Å². The molecular formula is C15H22N2O. The quantitative estimate of drug-likeness (QED) is 0.887. The molecule has 1 atom stereocenters. The van der Waals surface area contributed by atoms with E-state index in [1.54, 1.807) is 7.11 Å². The molecule has 0 aliphatic carbocycles. The first-order chi connectivity index (χ1) is 8.86. The molecule has 1 N–H and O–H groups in total. The first-order valence-electron chi connectivity index (χ1n) is 6.97. The molecule has 1 aromatic carbocycles. The first-order valence-corrected chi connectivity index (χ1v) is 6.97. The number of fused-ring (bicyclic) bond motifs is 1. The lowest BCUT2D eigenvalue weighted by Gasteiger charge is -2.23. The van der Waals surface area contributed by atoms with E-state index in [2.05, 4.69) is 28.4 Å². The molecule has 0 aromatic heterocycles. The summed E-state index contributed by atoms with van der Waals surface area (Å²) in [5, 5.41) is 3.51. The summed E-state index contributed by atoms with van der Waals surface area (Å²) in [6, 6.07) is 6.89. The standard InChI is InChI=1S/C15H22N2O/c1-18-11-12-6-8-17(10-12)14-5-4-13-3-2-7-16-15(13)9-14/h4-5,9,12,16H,2-3,6-8,10-11H2,1H3. The summed E-state index contributed by atoms with van der Waals surface area (Å²) in [6.07, 6.45) is 3.72. The van der Waals surface area contributed by atoms with Gasteiger partial charge in [-0.2, -0.15) is 0 Å². The molecule has 2 heterocycles. The lowest BCUT2D eigenvalue weighted by Crippen LogP contribution is -2.21. The van der Waals surface area contributed by atoms with Gasteiger partial charge in [-0.05, 0) is 37.0 Å². The van der Waals surface area contributed by atoms with Crippen molar-refractivity contribution in [2.75, 3.05) is 43.6 Å². The second-order valence-corrected chi connectivity index (χ2v) is 5.43. The molecule has 1 saturated heterocycles. The van der Waals surface area contributed by atoms with Crippen molar-refractivity contribution in [1.29, 1.82) is 0 Å². The third-order valence-corrected chi connectivity index (χ3v) is 4.09. The fourth-order valence-corrected chi connectivity index (χ4v) is 3.08. The molecule has 3 rings (SSSR count). The molecule has 3 nitrogen and oxygen atoms in total. The molecule has 18 heavy (non-hydrogen) atoms. The van der Waals surface area contributed by atoms with Gasteiger partial charge >= 0.3 is 0 Å². The molecule has 0 saturated carbocycles. The van der Waals surface area contributed by atoms with E-state index in [9.17, 15) is 0 Å². The Hall–Kier alpha value is -1.22. The highest BCUT2D eigenvalue weighted by atomic mass is 16.5. The summed E-state index contributed by atoms with van der Waals surface area (Å²) >= 11 is 0. The van der Waals surface area contributed by atoms with Gasteiger partial charge in [0.05, 0.1) is 6.61 Å². The van der Waals surface area contributed by atoms with Crippen molar-refractivity contribution >= 4 is 11.4 Å². The van der Waals surface area contributed by atoms with Gasteiger partial charge in [0.1, 0.15) is 0 Å². The van der Waals surface area contributed by atoms with Crippen molar-refractivity contribution in [3.05, 3.63) is 23.8 Å². The minimum absolute atomic E-state index is 0.694. The van der Waals surface area contributed by atoms with Gasteiger partial charge < -0.3 is 15.0 Å². The zero-order valence-electron chi connectivity index (χ0n) is 11.1. The maximum Gasteiger partial charge on any atom is 0.0508 e. The maximum atomic E-state index is 5.26. The summed E-state index contributed by atoms with van der Waals surface area (Å²) < 4.78 is 5.26. The van der Waals surface area contributed by atoms with Crippen molar-refractivity contribution < 1.29 is 4.74 Å². The number of anilines is 2. The lowest BCUT2D eigenvalue weighted by atomic mass is 10.0. The normalized spacial score (nSPS) is 22.7.